The fourth-order valence-electron chi connectivity index (χ4n) is 1.60. The third kappa shape index (κ3) is 4.59. The monoisotopic (exact) mass is 266 g/mol. The van der Waals surface area contributed by atoms with Crippen LogP contribution in [0.4, 0.5) is 10.5 Å². The lowest BCUT2D eigenvalue weighted by Gasteiger charge is -2.21. The van der Waals surface area contributed by atoms with Crippen LogP contribution in [0, 0.1) is 0 Å². The smallest absolute Gasteiger partial charge is 0.335 e. The second-order valence-electron chi connectivity index (χ2n) is 4.02. The van der Waals surface area contributed by atoms with Gasteiger partial charge in [0, 0.05) is 18.8 Å². The van der Waals surface area contributed by atoms with E-state index in [1.54, 1.807) is 0 Å². The van der Waals surface area contributed by atoms with Gasteiger partial charge in [-0.25, -0.2) is 9.59 Å². The van der Waals surface area contributed by atoms with Crippen molar-refractivity contribution in [3.8, 4) is 0 Å². The van der Waals surface area contributed by atoms with E-state index in [0.717, 1.165) is 6.42 Å². The molecule has 0 aliphatic rings. The molecule has 1 aromatic rings. The number of carboxylic acids is 1. The van der Waals surface area contributed by atoms with Gasteiger partial charge in [0.05, 0.1) is 12.2 Å². The Hall–Kier alpha value is -2.08. The second-order valence-corrected chi connectivity index (χ2v) is 4.02. The largest absolute Gasteiger partial charge is 0.478 e. The molecule has 6 heteroatoms. The molecule has 0 aliphatic carbocycles. The van der Waals surface area contributed by atoms with Crippen LogP contribution in [-0.2, 0) is 0 Å². The summed E-state index contributed by atoms with van der Waals surface area (Å²) < 4.78 is 0. The molecule has 0 bridgehead atoms. The van der Waals surface area contributed by atoms with E-state index in [0.29, 0.717) is 12.2 Å². The number of hydrogen-bond donors (Lipinski definition) is 3. The Morgan fingerprint density at radius 1 is 1.21 bits per heavy atom. The maximum atomic E-state index is 11.9. The molecule has 0 spiro atoms. The minimum atomic E-state index is -1.01. The third-order valence-corrected chi connectivity index (χ3v) is 2.53. The first kappa shape index (κ1) is 15.0. The molecule has 0 atom stereocenters. The molecule has 2 amide bonds. The van der Waals surface area contributed by atoms with Gasteiger partial charge in [0.15, 0.2) is 0 Å². The van der Waals surface area contributed by atoms with Crippen molar-refractivity contribution >= 4 is 17.7 Å². The molecule has 1 rings (SSSR count). The van der Waals surface area contributed by atoms with Crippen LogP contribution in [0.3, 0.4) is 0 Å². The Bertz CT molecular complexity index is 425. The van der Waals surface area contributed by atoms with Crippen LogP contribution in [0.2, 0.25) is 0 Å². The van der Waals surface area contributed by atoms with E-state index < -0.39 is 5.97 Å². The standard InChI is InChI=1S/C13H18N2O4/c1-2-7-15(8-9-16)13(19)14-11-5-3-10(4-6-11)12(17)18/h3-6,16H,2,7-9H2,1H3,(H,14,19)(H,17,18). The highest BCUT2D eigenvalue weighted by atomic mass is 16.4. The van der Waals surface area contributed by atoms with E-state index in [1.807, 2.05) is 6.92 Å². The van der Waals surface area contributed by atoms with Crippen LogP contribution in [0.15, 0.2) is 24.3 Å². The highest BCUT2D eigenvalue weighted by molar-refractivity contribution is 5.91. The van der Waals surface area contributed by atoms with E-state index in [1.165, 1.54) is 29.2 Å². The summed E-state index contributed by atoms with van der Waals surface area (Å²) in [5, 5.41) is 20.3. The lowest BCUT2D eigenvalue weighted by atomic mass is 10.2. The Labute approximate surface area is 111 Å². The summed E-state index contributed by atoms with van der Waals surface area (Å²) in [4.78, 5) is 24.1. The molecular weight excluding hydrogens is 248 g/mol. The van der Waals surface area contributed by atoms with E-state index in [-0.39, 0.29) is 24.7 Å². The van der Waals surface area contributed by atoms with Gasteiger partial charge in [0.2, 0.25) is 0 Å². The molecule has 1 aromatic carbocycles. The Morgan fingerprint density at radius 3 is 2.32 bits per heavy atom. The van der Waals surface area contributed by atoms with E-state index in [9.17, 15) is 9.59 Å². The van der Waals surface area contributed by atoms with Gasteiger partial charge in [-0.15, -0.1) is 0 Å². The van der Waals surface area contributed by atoms with Crippen molar-refractivity contribution in [2.75, 3.05) is 25.0 Å². The zero-order valence-electron chi connectivity index (χ0n) is 10.8. The molecule has 0 saturated carbocycles. The molecule has 0 aliphatic heterocycles. The average molecular weight is 266 g/mol. The van der Waals surface area contributed by atoms with Gasteiger partial charge in [-0.3, -0.25) is 0 Å². The van der Waals surface area contributed by atoms with Crippen LogP contribution in [-0.4, -0.2) is 46.8 Å². The van der Waals surface area contributed by atoms with Crippen molar-refractivity contribution in [3.63, 3.8) is 0 Å². The summed E-state index contributed by atoms with van der Waals surface area (Å²) in [6.45, 7) is 2.68. The van der Waals surface area contributed by atoms with Crippen molar-refractivity contribution in [3.05, 3.63) is 29.8 Å². The summed E-state index contributed by atoms with van der Waals surface area (Å²) in [6, 6.07) is 5.61. The number of carbonyl (C=O) groups is 2. The van der Waals surface area contributed by atoms with Gasteiger partial charge in [0.1, 0.15) is 0 Å². The van der Waals surface area contributed by atoms with Crippen LogP contribution in [0.25, 0.3) is 0 Å². The summed E-state index contributed by atoms with van der Waals surface area (Å²) in [5.41, 5.74) is 0.688. The van der Waals surface area contributed by atoms with Gasteiger partial charge in [-0.2, -0.15) is 0 Å². The number of urea groups is 1. The van der Waals surface area contributed by atoms with E-state index in [2.05, 4.69) is 5.32 Å². The number of rotatable bonds is 6. The van der Waals surface area contributed by atoms with Gasteiger partial charge in [-0.1, -0.05) is 6.92 Å². The summed E-state index contributed by atoms with van der Waals surface area (Å²) in [5.74, 6) is -1.01. The minimum absolute atomic E-state index is 0.0919. The molecule has 104 valence electrons. The molecule has 0 radical (unpaired) electrons. The second kappa shape index (κ2) is 7.38. The fraction of sp³-hybridized carbons (Fsp3) is 0.385. The quantitative estimate of drug-likeness (QED) is 0.729. The predicted octanol–water partition coefficient (Wildman–Crippen LogP) is 1.62. The molecule has 0 aromatic heterocycles. The number of benzene rings is 1. The van der Waals surface area contributed by atoms with E-state index in [4.69, 9.17) is 10.2 Å². The number of anilines is 1. The highest BCUT2D eigenvalue weighted by Gasteiger charge is 2.12. The lowest BCUT2D eigenvalue weighted by Crippen LogP contribution is -2.37. The van der Waals surface area contributed by atoms with Crippen molar-refractivity contribution in [2.45, 2.75) is 13.3 Å². The fourth-order valence-corrected chi connectivity index (χ4v) is 1.60. The SMILES string of the molecule is CCCN(CCO)C(=O)Nc1ccc(C(=O)O)cc1. The summed E-state index contributed by atoms with van der Waals surface area (Å²) in [6.07, 6.45) is 0.797. The molecule has 0 unspecified atom stereocenters. The number of hydrogen-bond acceptors (Lipinski definition) is 3. The van der Waals surface area contributed by atoms with Crippen LogP contribution in [0.5, 0.6) is 0 Å². The van der Waals surface area contributed by atoms with Crippen molar-refractivity contribution in [1.82, 2.24) is 4.90 Å². The number of carboxylic acid groups (broad SMARTS) is 1. The molecule has 0 fully saturated rings. The lowest BCUT2D eigenvalue weighted by molar-refractivity contribution is 0.0697. The molecular formula is C13H18N2O4. The maximum Gasteiger partial charge on any atom is 0.335 e. The molecule has 3 N–H and O–H groups in total. The number of aliphatic hydroxyl groups is 1. The number of amides is 2. The molecule has 6 nitrogen and oxygen atoms in total. The summed E-state index contributed by atoms with van der Waals surface area (Å²) >= 11 is 0. The van der Waals surface area contributed by atoms with Gasteiger partial charge >= 0.3 is 12.0 Å². The molecule has 0 saturated heterocycles. The van der Waals surface area contributed by atoms with Gasteiger partial charge in [-0.05, 0) is 30.7 Å². The van der Waals surface area contributed by atoms with Crippen LogP contribution in [0.1, 0.15) is 23.7 Å². The average Bonchev–Trinajstić information content (AvgIpc) is 2.39. The number of carbonyl (C=O) groups excluding carboxylic acids is 1. The Balaban J connectivity index is 2.66. The topological polar surface area (TPSA) is 89.9 Å². The Kier molecular flexibility index (Phi) is 5.81. The molecule has 0 heterocycles. The highest BCUT2D eigenvalue weighted by Crippen LogP contribution is 2.10. The van der Waals surface area contributed by atoms with Crippen molar-refractivity contribution < 1.29 is 19.8 Å². The number of nitrogens with one attached hydrogen (secondary N) is 1. The number of nitrogens with zero attached hydrogens (tertiary/aromatic N) is 1. The van der Waals surface area contributed by atoms with Crippen molar-refractivity contribution in [2.24, 2.45) is 0 Å². The van der Waals surface area contributed by atoms with Gasteiger partial charge < -0.3 is 20.4 Å². The van der Waals surface area contributed by atoms with E-state index >= 15 is 0 Å². The third-order valence-electron chi connectivity index (χ3n) is 2.53. The number of aliphatic hydroxyl groups excluding tert-OH is 1. The molecule has 19 heavy (non-hydrogen) atoms. The minimum Gasteiger partial charge on any atom is -0.478 e. The number of aromatic carboxylic acids is 1. The first-order chi connectivity index (χ1) is 9.08. The van der Waals surface area contributed by atoms with Gasteiger partial charge in [0.25, 0.3) is 0 Å². The first-order valence-electron chi connectivity index (χ1n) is 6.08. The Morgan fingerprint density at radius 2 is 1.84 bits per heavy atom. The summed E-state index contributed by atoms with van der Waals surface area (Å²) in [7, 11) is 0. The zero-order valence-corrected chi connectivity index (χ0v) is 10.8. The van der Waals surface area contributed by atoms with Crippen LogP contribution >= 0.6 is 0 Å². The van der Waals surface area contributed by atoms with Crippen LogP contribution < -0.4 is 5.32 Å². The predicted molar refractivity (Wildman–Crippen MR) is 71.4 cm³/mol. The zero-order chi connectivity index (χ0) is 14.3. The first-order valence-corrected chi connectivity index (χ1v) is 6.08. The van der Waals surface area contributed by atoms with Crippen molar-refractivity contribution in [1.29, 1.82) is 0 Å². The normalized spacial score (nSPS) is 10.0. The maximum absolute atomic E-state index is 11.9.